The van der Waals surface area contributed by atoms with E-state index in [9.17, 15) is 9.59 Å². The topological polar surface area (TPSA) is 49.4 Å². The van der Waals surface area contributed by atoms with Gasteiger partial charge >= 0.3 is 0 Å². The molecule has 0 saturated heterocycles. The van der Waals surface area contributed by atoms with E-state index in [1.807, 2.05) is 43.9 Å². The molecule has 4 heteroatoms. The molecule has 1 aliphatic carbocycles. The lowest BCUT2D eigenvalue weighted by atomic mass is 9.80. The molecule has 0 bridgehead atoms. The first-order chi connectivity index (χ1) is 11.3. The third kappa shape index (κ3) is 3.63. The van der Waals surface area contributed by atoms with Gasteiger partial charge in [-0.1, -0.05) is 18.2 Å². The summed E-state index contributed by atoms with van der Waals surface area (Å²) in [6.07, 6.45) is 4.21. The standard InChI is InChI=1S/C20H28N2O2/c1-20(2,3)21-18(23)15-8-10-16(11-9-15)19(24)22-13-12-14-6-4-5-7-17(14)22/h4-7,15-16H,8-13H2,1-3H3,(H,21,23). The molecule has 1 aromatic rings. The summed E-state index contributed by atoms with van der Waals surface area (Å²) in [4.78, 5) is 27.2. The monoisotopic (exact) mass is 328 g/mol. The molecule has 2 amide bonds. The SMILES string of the molecule is CC(C)(C)NC(=O)C1CCC(C(=O)N2CCc3ccccc32)CC1. The number of carbonyl (C=O) groups is 2. The molecule has 2 aliphatic rings. The Labute approximate surface area is 144 Å². The second-order valence-corrected chi connectivity index (χ2v) is 8.16. The number of hydrogen-bond donors (Lipinski definition) is 1. The lowest BCUT2D eigenvalue weighted by Gasteiger charge is -2.32. The second kappa shape index (κ2) is 6.58. The summed E-state index contributed by atoms with van der Waals surface area (Å²) in [5, 5.41) is 3.07. The smallest absolute Gasteiger partial charge is 0.230 e. The second-order valence-electron chi connectivity index (χ2n) is 8.16. The molecule has 24 heavy (non-hydrogen) atoms. The quantitative estimate of drug-likeness (QED) is 0.905. The van der Waals surface area contributed by atoms with Crippen molar-refractivity contribution in [3.05, 3.63) is 29.8 Å². The Morgan fingerprint density at radius 2 is 1.67 bits per heavy atom. The van der Waals surface area contributed by atoms with Gasteiger partial charge in [-0.3, -0.25) is 9.59 Å². The van der Waals surface area contributed by atoms with Crippen molar-refractivity contribution in [3.63, 3.8) is 0 Å². The van der Waals surface area contributed by atoms with Gasteiger partial charge in [0.15, 0.2) is 0 Å². The Balaban J connectivity index is 1.58. The first-order valence-corrected chi connectivity index (χ1v) is 9.06. The predicted octanol–water partition coefficient (Wildman–Crippen LogP) is 3.30. The first kappa shape index (κ1) is 17.0. The van der Waals surface area contributed by atoms with Crippen molar-refractivity contribution in [2.75, 3.05) is 11.4 Å². The van der Waals surface area contributed by atoms with Gasteiger partial charge in [-0.15, -0.1) is 0 Å². The molecule has 0 spiro atoms. The average Bonchev–Trinajstić information content (AvgIpc) is 2.97. The highest BCUT2D eigenvalue weighted by atomic mass is 16.2. The van der Waals surface area contributed by atoms with E-state index in [1.54, 1.807) is 0 Å². The van der Waals surface area contributed by atoms with Crippen LogP contribution in [0.3, 0.4) is 0 Å². The van der Waals surface area contributed by atoms with Crippen molar-refractivity contribution in [3.8, 4) is 0 Å². The van der Waals surface area contributed by atoms with E-state index in [2.05, 4.69) is 11.4 Å². The van der Waals surface area contributed by atoms with Crippen molar-refractivity contribution in [1.29, 1.82) is 0 Å². The number of benzene rings is 1. The van der Waals surface area contributed by atoms with Gasteiger partial charge in [-0.25, -0.2) is 0 Å². The van der Waals surface area contributed by atoms with E-state index < -0.39 is 0 Å². The van der Waals surface area contributed by atoms with E-state index in [0.29, 0.717) is 0 Å². The fourth-order valence-corrected chi connectivity index (χ4v) is 3.86. The minimum atomic E-state index is -0.191. The van der Waals surface area contributed by atoms with E-state index in [0.717, 1.165) is 44.3 Å². The van der Waals surface area contributed by atoms with Gasteiger partial charge in [-0.05, 0) is 64.5 Å². The van der Waals surface area contributed by atoms with Gasteiger partial charge in [0.2, 0.25) is 11.8 Å². The summed E-state index contributed by atoms with van der Waals surface area (Å²) in [7, 11) is 0. The maximum Gasteiger partial charge on any atom is 0.230 e. The van der Waals surface area contributed by atoms with Gasteiger partial charge in [0, 0.05) is 29.6 Å². The molecule has 0 unspecified atom stereocenters. The summed E-state index contributed by atoms with van der Waals surface area (Å²) in [5.41, 5.74) is 2.16. The maximum absolute atomic E-state index is 12.9. The van der Waals surface area contributed by atoms with Crippen LogP contribution in [0.15, 0.2) is 24.3 Å². The van der Waals surface area contributed by atoms with Gasteiger partial charge in [0.05, 0.1) is 0 Å². The summed E-state index contributed by atoms with van der Waals surface area (Å²) >= 11 is 0. The van der Waals surface area contributed by atoms with Crippen LogP contribution < -0.4 is 10.2 Å². The minimum Gasteiger partial charge on any atom is -0.351 e. The molecule has 4 nitrogen and oxygen atoms in total. The largest absolute Gasteiger partial charge is 0.351 e. The van der Waals surface area contributed by atoms with Crippen molar-refractivity contribution in [2.45, 2.75) is 58.4 Å². The molecule has 1 saturated carbocycles. The van der Waals surface area contributed by atoms with Crippen LogP contribution in [0.2, 0.25) is 0 Å². The molecule has 0 radical (unpaired) electrons. The fraction of sp³-hybridized carbons (Fsp3) is 0.600. The molecule has 130 valence electrons. The zero-order valence-corrected chi connectivity index (χ0v) is 15.0. The molecular weight excluding hydrogens is 300 g/mol. The van der Waals surface area contributed by atoms with E-state index in [1.165, 1.54) is 5.56 Å². The molecule has 3 rings (SSSR count). The number of amides is 2. The highest BCUT2D eigenvalue weighted by molar-refractivity contribution is 5.97. The van der Waals surface area contributed by atoms with Crippen molar-refractivity contribution < 1.29 is 9.59 Å². The Morgan fingerprint density at radius 3 is 2.33 bits per heavy atom. The molecular formula is C20H28N2O2. The normalized spacial score (nSPS) is 23.7. The zero-order chi connectivity index (χ0) is 17.3. The average molecular weight is 328 g/mol. The first-order valence-electron chi connectivity index (χ1n) is 9.06. The number of fused-ring (bicyclic) bond motifs is 1. The third-order valence-electron chi connectivity index (χ3n) is 5.10. The third-order valence-corrected chi connectivity index (χ3v) is 5.10. The van der Waals surface area contributed by atoms with Crippen LogP contribution in [0.5, 0.6) is 0 Å². The molecule has 0 aromatic heterocycles. The number of hydrogen-bond acceptors (Lipinski definition) is 2. The molecule has 1 heterocycles. The number of nitrogens with zero attached hydrogens (tertiary/aromatic N) is 1. The Hall–Kier alpha value is -1.84. The summed E-state index contributed by atoms with van der Waals surface area (Å²) in [6.45, 7) is 6.81. The molecule has 1 aliphatic heterocycles. The summed E-state index contributed by atoms with van der Waals surface area (Å²) in [5.74, 6) is 0.503. The number of para-hydroxylation sites is 1. The molecule has 1 fully saturated rings. The van der Waals surface area contributed by atoms with E-state index >= 15 is 0 Å². The lowest BCUT2D eigenvalue weighted by Crippen LogP contribution is -2.45. The zero-order valence-electron chi connectivity index (χ0n) is 15.0. The number of rotatable bonds is 2. The van der Waals surface area contributed by atoms with E-state index in [4.69, 9.17) is 0 Å². The minimum absolute atomic E-state index is 0.0548. The number of nitrogens with one attached hydrogen (secondary N) is 1. The van der Waals surface area contributed by atoms with Crippen LogP contribution in [-0.2, 0) is 16.0 Å². The predicted molar refractivity (Wildman–Crippen MR) is 95.8 cm³/mol. The van der Waals surface area contributed by atoms with Gasteiger partial charge in [-0.2, -0.15) is 0 Å². The molecule has 1 N–H and O–H groups in total. The Kier molecular flexibility index (Phi) is 4.66. The van der Waals surface area contributed by atoms with Crippen molar-refractivity contribution in [2.24, 2.45) is 11.8 Å². The molecule has 1 aromatic carbocycles. The number of carbonyl (C=O) groups excluding carboxylic acids is 2. The van der Waals surface area contributed by atoms with Gasteiger partial charge in [0.25, 0.3) is 0 Å². The Morgan fingerprint density at radius 1 is 1.04 bits per heavy atom. The van der Waals surface area contributed by atoms with Crippen LogP contribution in [0, 0.1) is 11.8 Å². The fourth-order valence-electron chi connectivity index (χ4n) is 3.86. The highest BCUT2D eigenvalue weighted by Gasteiger charge is 2.35. The van der Waals surface area contributed by atoms with Crippen molar-refractivity contribution >= 4 is 17.5 Å². The van der Waals surface area contributed by atoms with Crippen LogP contribution in [0.4, 0.5) is 5.69 Å². The lowest BCUT2D eigenvalue weighted by molar-refractivity contribution is -0.130. The van der Waals surface area contributed by atoms with Crippen molar-refractivity contribution in [1.82, 2.24) is 5.32 Å². The van der Waals surface area contributed by atoms with Crippen LogP contribution in [0.25, 0.3) is 0 Å². The maximum atomic E-state index is 12.9. The van der Waals surface area contributed by atoms with Crippen LogP contribution in [-0.4, -0.2) is 23.9 Å². The summed E-state index contributed by atoms with van der Waals surface area (Å²) < 4.78 is 0. The molecule has 0 atom stereocenters. The van der Waals surface area contributed by atoms with Crippen LogP contribution in [0.1, 0.15) is 52.0 Å². The van der Waals surface area contributed by atoms with Gasteiger partial charge < -0.3 is 10.2 Å². The highest BCUT2D eigenvalue weighted by Crippen LogP contribution is 2.34. The Bertz CT molecular complexity index is 625. The number of anilines is 1. The van der Waals surface area contributed by atoms with Gasteiger partial charge in [0.1, 0.15) is 0 Å². The van der Waals surface area contributed by atoms with E-state index in [-0.39, 0.29) is 29.2 Å². The van der Waals surface area contributed by atoms with Crippen LogP contribution >= 0.6 is 0 Å². The summed E-state index contributed by atoms with van der Waals surface area (Å²) in [6, 6.07) is 8.18.